The second-order valence-corrected chi connectivity index (χ2v) is 5.90. The molecule has 84 valence electrons. The van der Waals surface area contributed by atoms with Gasteiger partial charge >= 0.3 is 0 Å². The number of rotatable bonds is 3. The van der Waals surface area contributed by atoms with Gasteiger partial charge in [-0.15, -0.1) is 10.2 Å². The van der Waals surface area contributed by atoms with Crippen LogP contribution in [0.15, 0.2) is 0 Å². The molecular weight excluding hydrogens is 218 g/mol. The molecule has 0 amide bonds. The normalized spacial score (nSPS) is 24.5. The SMILES string of the molecule is Cn1nnc(CNC2CCS(=O)(=O)C2)n1. The first-order chi connectivity index (χ1) is 7.05. The molecule has 1 aliphatic rings. The molecule has 1 unspecified atom stereocenters. The van der Waals surface area contributed by atoms with Crippen LogP contribution in [0, 0.1) is 0 Å². The van der Waals surface area contributed by atoms with Crippen molar-refractivity contribution in [1.82, 2.24) is 25.5 Å². The van der Waals surface area contributed by atoms with E-state index >= 15 is 0 Å². The summed E-state index contributed by atoms with van der Waals surface area (Å²) in [6, 6.07) is 0.0267. The number of aryl methyl sites for hydroxylation is 1. The molecule has 2 rings (SSSR count). The number of nitrogens with zero attached hydrogens (tertiary/aromatic N) is 4. The summed E-state index contributed by atoms with van der Waals surface area (Å²) in [4.78, 5) is 1.38. The molecule has 0 saturated carbocycles. The van der Waals surface area contributed by atoms with Gasteiger partial charge in [0.25, 0.3) is 0 Å². The van der Waals surface area contributed by atoms with E-state index < -0.39 is 9.84 Å². The van der Waals surface area contributed by atoms with Crippen molar-refractivity contribution < 1.29 is 8.42 Å². The smallest absolute Gasteiger partial charge is 0.188 e. The minimum Gasteiger partial charge on any atom is -0.306 e. The van der Waals surface area contributed by atoms with E-state index in [0.29, 0.717) is 18.8 Å². The van der Waals surface area contributed by atoms with E-state index in [1.54, 1.807) is 7.05 Å². The van der Waals surface area contributed by atoms with Gasteiger partial charge in [-0.2, -0.15) is 4.80 Å². The van der Waals surface area contributed by atoms with Crippen LogP contribution in [-0.2, 0) is 23.4 Å². The molecule has 1 N–H and O–H groups in total. The van der Waals surface area contributed by atoms with Crippen LogP contribution in [-0.4, -0.2) is 46.2 Å². The van der Waals surface area contributed by atoms with Crippen LogP contribution in [0.25, 0.3) is 0 Å². The van der Waals surface area contributed by atoms with E-state index in [-0.39, 0.29) is 17.5 Å². The van der Waals surface area contributed by atoms with Crippen molar-refractivity contribution in [2.75, 3.05) is 11.5 Å². The second-order valence-electron chi connectivity index (χ2n) is 3.68. The van der Waals surface area contributed by atoms with Gasteiger partial charge < -0.3 is 5.32 Å². The molecule has 8 heteroatoms. The average molecular weight is 231 g/mol. The molecule has 0 aromatic carbocycles. The maximum Gasteiger partial charge on any atom is 0.188 e. The molecule has 0 spiro atoms. The van der Waals surface area contributed by atoms with E-state index in [2.05, 4.69) is 20.7 Å². The van der Waals surface area contributed by atoms with Crippen LogP contribution in [0.3, 0.4) is 0 Å². The van der Waals surface area contributed by atoms with E-state index in [1.807, 2.05) is 0 Å². The van der Waals surface area contributed by atoms with Gasteiger partial charge in [0.1, 0.15) is 0 Å². The van der Waals surface area contributed by atoms with E-state index in [9.17, 15) is 8.42 Å². The third-order valence-electron chi connectivity index (χ3n) is 2.33. The summed E-state index contributed by atoms with van der Waals surface area (Å²) in [5.41, 5.74) is 0. The van der Waals surface area contributed by atoms with Crippen molar-refractivity contribution in [1.29, 1.82) is 0 Å². The molecule has 1 aromatic rings. The Labute approximate surface area is 87.8 Å². The Bertz CT molecular complexity index is 440. The molecule has 1 aliphatic heterocycles. The molecule has 1 fully saturated rings. The summed E-state index contributed by atoms with van der Waals surface area (Å²) in [6.07, 6.45) is 0.669. The van der Waals surface area contributed by atoms with Crippen molar-refractivity contribution in [3.63, 3.8) is 0 Å². The fourth-order valence-corrected chi connectivity index (χ4v) is 3.29. The molecule has 1 saturated heterocycles. The lowest BCUT2D eigenvalue weighted by Crippen LogP contribution is -2.29. The van der Waals surface area contributed by atoms with Crippen molar-refractivity contribution in [3.05, 3.63) is 5.82 Å². The van der Waals surface area contributed by atoms with Crippen molar-refractivity contribution >= 4 is 9.84 Å². The first-order valence-electron chi connectivity index (χ1n) is 4.72. The third kappa shape index (κ3) is 2.72. The number of sulfone groups is 1. The molecule has 0 radical (unpaired) electrons. The molecule has 7 nitrogen and oxygen atoms in total. The molecule has 15 heavy (non-hydrogen) atoms. The summed E-state index contributed by atoms with van der Waals surface area (Å²) >= 11 is 0. The Balaban J connectivity index is 1.85. The van der Waals surface area contributed by atoms with Gasteiger partial charge in [-0.1, -0.05) is 0 Å². The van der Waals surface area contributed by atoms with Crippen LogP contribution < -0.4 is 5.32 Å². The topological polar surface area (TPSA) is 89.8 Å². The Kier molecular flexibility index (Phi) is 2.70. The second kappa shape index (κ2) is 3.86. The highest BCUT2D eigenvalue weighted by Gasteiger charge is 2.27. The van der Waals surface area contributed by atoms with E-state index in [0.717, 1.165) is 0 Å². The van der Waals surface area contributed by atoms with Crippen LogP contribution >= 0.6 is 0 Å². The standard InChI is InChI=1S/C7H13N5O2S/c1-12-10-7(9-11-12)4-8-6-2-3-15(13,14)5-6/h6,8H,2-5H2,1H3. The summed E-state index contributed by atoms with van der Waals surface area (Å²) < 4.78 is 22.3. The summed E-state index contributed by atoms with van der Waals surface area (Å²) in [5, 5.41) is 14.6. The number of tetrazole rings is 1. The Morgan fingerprint density at radius 1 is 1.60 bits per heavy atom. The average Bonchev–Trinajstić information content (AvgIpc) is 2.69. The van der Waals surface area contributed by atoms with Crippen LogP contribution in [0.5, 0.6) is 0 Å². The summed E-state index contributed by atoms with van der Waals surface area (Å²) in [6.45, 7) is 0.466. The Hall–Kier alpha value is -1.02. The van der Waals surface area contributed by atoms with Crippen LogP contribution in [0.2, 0.25) is 0 Å². The van der Waals surface area contributed by atoms with Gasteiger partial charge in [0.2, 0.25) is 0 Å². The van der Waals surface area contributed by atoms with Gasteiger partial charge in [0.15, 0.2) is 15.7 Å². The Morgan fingerprint density at radius 2 is 2.40 bits per heavy atom. The fraction of sp³-hybridized carbons (Fsp3) is 0.857. The molecule has 2 heterocycles. The van der Waals surface area contributed by atoms with Gasteiger partial charge in [-0.25, -0.2) is 8.42 Å². The minimum atomic E-state index is -2.82. The first kappa shape index (κ1) is 10.5. The van der Waals surface area contributed by atoms with Crippen LogP contribution in [0.4, 0.5) is 0 Å². The predicted molar refractivity (Wildman–Crippen MR) is 52.7 cm³/mol. The summed E-state index contributed by atoms with van der Waals surface area (Å²) in [7, 11) is -1.13. The maximum absolute atomic E-state index is 11.2. The third-order valence-corrected chi connectivity index (χ3v) is 4.10. The van der Waals surface area contributed by atoms with Crippen molar-refractivity contribution in [2.24, 2.45) is 7.05 Å². The quantitative estimate of drug-likeness (QED) is 0.680. The number of hydrogen-bond donors (Lipinski definition) is 1. The van der Waals surface area contributed by atoms with E-state index in [4.69, 9.17) is 0 Å². The number of hydrogen-bond acceptors (Lipinski definition) is 6. The largest absolute Gasteiger partial charge is 0.306 e. The molecule has 1 atom stereocenters. The Morgan fingerprint density at radius 3 is 2.93 bits per heavy atom. The minimum absolute atomic E-state index is 0.0267. The highest BCUT2D eigenvalue weighted by Crippen LogP contribution is 2.11. The van der Waals surface area contributed by atoms with Crippen molar-refractivity contribution in [2.45, 2.75) is 19.0 Å². The van der Waals surface area contributed by atoms with Crippen molar-refractivity contribution in [3.8, 4) is 0 Å². The lowest BCUT2D eigenvalue weighted by Gasteiger charge is -2.07. The number of nitrogens with one attached hydrogen (secondary N) is 1. The fourth-order valence-electron chi connectivity index (χ4n) is 1.59. The highest BCUT2D eigenvalue weighted by atomic mass is 32.2. The lowest BCUT2D eigenvalue weighted by atomic mass is 10.2. The van der Waals surface area contributed by atoms with E-state index in [1.165, 1.54) is 4.80 Å². The van der Waals surface area contributed by atoms with Gasteiger partial charge in [0, 0.05) is 6.04 Å². The first-order valence-corrected chi connectivity index (χ1v) is 6.54. The zero-order chi connectivity index (χ0) is 10.9. The molecule has 1 aromatic heterocycles. The molecule has 0 aliphatic carbocycles. The van der Waals surface area contributed by atoms with Gasteiger partial charge in [-0.3, -0.25) is 0 Å². The lowest BCUT2D eigenvalue weighted by molar-refractivity contribution is 0.539. The van der Waals surface area contributed by atoms with Gasteiger partial charge in [-0.05, 0) is 11.6 Å². The van der Waals surface area contributed by atoms with Crippen LogP contribution in [0.1, 0.15) is 12.2 Å². The molecule has 0 bridgehead atoms. The summed E-state index contributed by atoms with van der Waals surface area (Å²) in [5.74, 6) is 1.08. The maximum atomic E-state index is 11.2. The number of aromatic nitrogens is 4. The monoisotopic (exact) mass is 231 g/mol. The van der Waals surface area contributed by atoms with Gasteiger partial charge in [0.05, 0.1) is 25.1 Å². The predicted octanol–water partition coefficient (Wildman–Crippen LogP) is -1.51. The highest BCUT2D eigenvalue weighted by molar-refractivity contribution is 7.91. The zero-order valence-corrected chi connectivity index (χ0v) is 9.24. The zero-order valence-electron chi connectivity index (χ0n) is 8.42. The molecular formula is C7H13N5O2S.